The number of nitrogens with zero attached hydrogens (tertiary/aromatic N) is 5. The van der Waals surface area contributed by atoms with Crippen LogP contribution in [0.4, 0.5) is 4.39 Å². The molecule has 1 unspecified atom stereocenters. The average Bonchev–Trinajstić information content (AvgIpc) is 3.18. The van der Waals surface area contributed by atoms with Crippen molar-refractivity contribution in [3.8, 4) is 5.69 Å². The van der Waals surface area contributed by atoms with E-state index in [2.05, 4.69) is 27.4 Å². The molecule has 7 heteroatoms. The third-order valence-electron chi connectivity index (χ3n) is 3.35. The van der Waals surface area contributed by atoms with E-state index in [1.165, 1.54) is 23.4 Å². The fourth-order valence-corrected chi connectivity index (χ4v) is 2.22. The lowest BCUT2D eigenvalue weighted by atomic mass is 10.2. The Balaban J connectivity index is 1.60. The van der Waals surface area contributed by atoms with Gasteiger partial charge < -0.3 is 5.32 Å². The van der Waals surface area contributed by atoms with Crippen molar-refractivity contribution in [1.29, 1.82) is 0 Å². The van der Waals surface area contributed by atoms with E-state index in [4.69, 9.17) is 0 Å². The molecule has 2 heterocycles. The van der Waals surface area contributed by atoms with Gasteiger partial charge in [-0.15, -0.1) is 0 Å². The highest BCUT2D eigenvalue weighted by molar-refractivity contribution is 5.35. The van der Waals surface area contributed by atoms with Gasteiger partial charge in [-0.3, -0.25) is 4.68 Å². The molecule has 1 N–H and O–H groups in total. The smallest absolute Gasteiger partial charge is 0.149 e. The van der Waals surface area contributed by atoms with Crippen molar-refractivity contribution in [2.75, 3.05) is 0 Å². The minimum absolute atomic E-state index is 0.234. The molecular formula is C15H17FN6. The first kappa shape index (κ1) is 14.4. The summed E-state index contributed by atoms with van der Waals surface area (Å²) in [4.78, 5) is 3.82. The van der Waals surface area contributed by atoms with Crippen molar-refractivity contribution in [2.24, 2.45) is 0 Å². The van der Waals surface area contributed by atoms with Crippen molar-refractivity contribution >= 4 is 0 Å². The summed E-state index contributed by atoms with van der Waals surface area (Å²) in [7, 11) is 0. The minimum Gasteiger partial charge on any atom is -0.308 e. The Morgan fingerprint density at radius 2 is 2.23 bits per heavy atom. The molecule has 22 heavy (non-hydrogen) atoms. The minimum atomic E-state index is -0.315. The molecule has 0 bridgehead atoms. The summed E-state index contributed by atoms with van der Waals surface area (Å²) in [6.07, 6.45) is 6.53. The van der Waals surface area contributed by atoms with E-state index >= 15 is 0 Å². The van der Waals surface area contributed by atoms with Gasteiger partial charge in [0, 0.05) is 25.0 Å². The van der Waals surface area contributed by atoms with Gasteiger partial charge in [-0.2, -0.15) is 10.2 Å². The summed E-state index contributed by atoms with van der Waals surface area (Å²) in [6.45, 7) is 3.44. The molecule has 0 saturated heterocycles. The van der Waals surface area contributed by atoms with Gasteiger partial charge in [0.25, 0.3) is 0 Å². The van der Waals surface area contributed by atoms with E-state index < -0.39 is 0 Å². The van der Waals surface area contributed by atoms with Crippen molar-refractivity contribution < 1.29 is 4.39 Å². The fraction of sp³-hybridized carbons (Fsp3) is 0.267. The molecule has 0 aliphatic carbocycles. The lowest BCUT2D eigenvalue weighted by Crippen LogP contribution is -2.30. The third kappa shape index (κ3) is 3.37. The summed E-state index contributed by atoms with van der Waals surface area (Å²) >= 11 is 0. The van der Waals surface area contributed by atoms with Gasteiger partial charge >= 0.3 is 0 Å². The maximum atomic E-state index is 14.1. The average molecular weight is 300 g/mol. The van der Waals surface area contributed by atoms with Gasteiger partial charge in [0.1, 0.15) is 24.2 Å². The highest BCUT2D eigenvalue weighted by Gasteiger charge is 2.08. The SMILES string of the molecule is CC(Cn1cccn1)NCc1ccc(-n2cncn2)c(F)c1. The Bertz CT molecular complexity index is 708. The number of benzene rings is 1. The zero-order chi connectivity index (χ0) is 15.4. The van der Waals surface area contributed by atoms with E-state index in [1.807, 2.05) is 23.0 Å². The Morgan fingerprint density at radius 3 is 2.91 bits per heavy atom. The molecule has 1 aromatic carbocycles. The molecular weight excluding hydrogens is 283 g/mol. The second kappa shape index (κ2) is 6.48. The topological polar surface area (TPSA) is 60.6 Å². The van der Waals surface area contributed by atoms with Gasteiger partial charge in [0.05, 0.1) is 6.54 Å². The number of hydrogen-bond acceptors (Lipinski definition) is 4. The van der Waals surface area contributed by atoms with Gasteiger partial charge in [-0.25, -0.2) is 14.1 Å². The number of nitrogens with one attached hydrogen (secondary N) is 1. The molecule has 0 aliphatic rings. The Hall–Kier alpha value is -2.54. The highest BCUT2D eigenvalue weighted by Crippen LogP contribution is 2.14. The van der Waals surface area contributed by atoms with E-state index in [0.29, 0.717) is 12.2 Å². The van der Waals surface area contributed by atoms with Gasteiger partial charge in [-0.1, -0.05) is 6.07 Å². The second-order valence-corrected chi connectivity index (χ2v) is 5.14. The largest absolute Gasteiger partial charge is 0.308 e. The van der Waals surface area contributed by atoms with Crippen LogP contribution in [-0.2, 0) is 13.1 Å². The highest BCUT2D eigenvalue weighted by atomic mass is 19.1. The van der Waals surface area contributed by atoms with E-state index in [1.54, 1.807) is 12.3 Å². The predicted octanol–water partition coefficient (Wildman–Crippen LogP) is 1.78. The van der Waals surface area contributed by atoms with Gasteiger partial charge in [-0.05, 0) is 30.7 Å². The van der Waals surface area contributed by atoms with Crippen LogP contribution in [0.5, 0.6) is 0 Å². The predicted molar refractivity (Wildman–Crippen MR) is 79.8 cm³/mol. The lowest BCUT2D eigenvalue weighted by Gasteiger charge is -2.14. The molecule has 114 valence electrons. The van der Waals surface area contributed by atoms with Crippen LogP contribution in [-0.4, -0.2) is 30.6 Å². The van der Waals surface area contributed by atoms with Crippen molar-refractivity contribution in [1.82, 2.24) is 29.9 Å². The zero-order valence-corrected chi connectivity index (χ0v) is 12.2. The molecule has 2 aromatic heterocycles. The summed E-state index contributed by atoms with van der Waals surface area (Å²) < 4.78 is 17.4. The summed E-state index contributed by atoms with van der Waals surface area (Å²) in [5.74, 6) is -0.315. The Kier molecular flexibility index (Phi) is 4.24. The van der Waals surface area contributed by atoms with E-state index in [9.17, 15) is 4.39 Å². The standard InChI is InChI=1S/C15H17FN6/c1-12(9-21-6-2-5-19-21)18-8-13-3-4-15(14(16)7-13)22-11-17-10-20-22/h2-7,10-12,18H,8-9H2,1H3. The quantitative estimate of drug-likeness (QED) is 0.754. The van der Waals surface area contributed by atoms with Crippen LogP contribution in [0.25, 0.3) is 5.69 Å². The normalized spacial score (nSPS) is 12.5. The van der Waals surface area contributed by atoms with Crippen LogP contribution in [0.3, 0.4) is 0 Å². The number of rotatable bonds is 6. The summed E-state index contributed by atoms with van der Waals surface area (Å²) in [5.41, 5.74) is 1.28. The van der Waals surface area contributed by atoms with Crippen molar-refractivity contribution in [3.63, 3.8) is 0 Å². The lowest BCUT2D eigenvalue weighted by molar-refractivity contribution is 0.450. The second-order valence-electron chi connectivity index (χ2n) is 5.14. The summed E-state index contributed by atoms with van der Waals surface area (Å²) in [6, 6.07) is 7.24. The van der Waals surface area contributed by atoms with Gasteiger partial charge in [0.15, 0.2) is 0 Å². The molecule has 6 nitrogen and oxygen atoms in total. The van der Waals surface area contributed by atoms with Crippen LogP contribution in [0.2, 0.25) is 0 Å². The van der Waals surface area contributed by atoms with Crippen LogP contribution >= 0.6 is 0 Å². The molecule has 0 amide bonds. The Labute approximate surface area is 127 Å². The van der Waals surface area contributed by atoms with Crippen LogP contribution in [0.15, 0.2) is 49.3 Å². The molecule has 1 atom stereocenters. The number of aromatic nitrogens is 5. The monoisotopic (exact) mass is 300 g/mol. The van der Waals surface area contributed by atoms with Crippen molar-refractivity contribution in [3.05, 3.63) is 60.7 Å². The number of halogens is 1. The van der Waals surface area contributed by atoms with E-state index in [-0.39, 0.29) is 11.9 Å². The Morgan fingerprint density at radius 1 is 1.32 bits per heavy atom. The molecule has 3 aromatic rings. The molecule has 0 aliphatic heterocycles. The third-order valence-corrected chi connectivity index (χ3v) is 3.35. The molecule has 0 saturated carbocycles. The summed E-state index contributed by atoms with van der Waals surface area (Å²) in [5, 5.41) is 11.5. The molecule has 3 rings (SSSR count). The zero-order valence-electron chi connectivity index (χ0n) is 12.2. The maximum Gasteiger partial charge on any atom is 0.149 e. The first-order valence-corrected chi connectivity index (χ1v) is 7.06. The van der Waals surface area contributed by atoms with Crippen molar-refractivity contribution in [2.45, 2.75) is 26.1 Å². The van der Waals surface area contributed by atoms with Gasteiger partial charge in [0.2, 0.25) is 0 Å². The van der Waals surface area contributed by atoms with E-state index in [0.717, 1.165) is 12.1 Å². The molecule has 0 radical (unpaired) electrons. The molecule has 0 fully saturated rings. The maximum absolute atomic E-state index is 14.1. The first-order valence-electron chi connectivity index (χ1n) is 7.06. The number of hydrogen-bond donors (Lipinski definition) is 1. The van der Waals surface area contributed by atoms with Crippen LogP contribution in [0, 0.1) is 5.82 Å². The van der Waals surface area contributed by atoms with Crippen LogP contribution in [0.1, 0.15) is 12.5 Å². The fourth-order valence-electron chi connectivity index (χ4n) is 2.22. The molecule has 0 spiro atoms. The van der Waals surface area contributed by atoms with Crippen LogP contribution < -0.4 is 5.32 Å². The first-order chi connectivity index (χ1) is 10.7.